The second kappa shape index (κ2) is 8.87. The van der Waals surface area contributed by atoms with Crippen molar-refractivity contribution in [3.8, 4) is 0 Å². The molecule has 1 fully saturated rings. The maximum absolute atomic E-state index is 12.8. The third kappa shape index (κ3) is 4.45. The fourth-order valence-corrected chi connectivity index (χ4v) is 3.87. The van der Waals surface area contributed by atoms with E-state index in [-0.39, 0.29) is 11.4 Å². The number of ether oxygens (including phenoxy) is 1. The molecule has 1 N–H and O–H groups in total. The fraction of sp³-hybridized carbons (Fsp3) is 0.300. The molecule has 0 radical (unpaired) electrons. The number of benzene rings is 1. The molecule has 2 heterocycles. The lowest BCUT2D eigenvalue weighted by Crippen LogP contribution is -2.39. The molecule has 1 unspecified atom stereocenters. The Morgan fingerprint density at radius 2 is 1.96 bits per heavy atom. The van der Waals surface area contributed by atoms with Gasteiger partial charge in [-0.1, -0.05) is 30.8 Å². The zero-order valence-electron chi connectivity index (χ0n) is 15.0. The molecule has 0 aliphatic carbocycles. The van der Waals surface area contributed by atoms with E-state index in [1.165, 1.54) is 17.3 Å². The molecule has 5 nitrogen and oxygen atoms in total. The van der Waals surface area contributed by atoms with Gasteiger partial charge in [0.2, 0.25) is 0 Å². The number of hydrogen-bond acceptors (Lipinski definition) is 5. The smallest absolute Gasteiger partial charge is 0.262 e. The van der Waals surface area contributed by atoms with Crippen molar-refractivity contribution in [2.45, 2.75) is 18.8 Å². The third-order valence-electron chi connectivity index (χ3n) is 4.19. The molecule has 1 aliphatic rings. The van der Waals surface area contributed by atoms with Crippen LogP contribution in [0.4, 0.5) is 5.69 Å². The Morgan fingerprint density at radius 3 is 2.62 bits per heavy atom. The molecule has 6 heteroatoms. The molecule has 0 spiro atoms. The van der Waals surface area contributed by atoms with E-state index in [0.717, 1.165) is 22.6 Å². The largest absolute Gasteiger partial charge is 0.383 e. The summed E-state index contributed by atoms with van der Waals surface area (Å²) in [5.41, 5.74) is 3.11. The number of aromatic nitrogens is 1. The lowest BCUT2D eigenvalue weighted by Gasteiger charge is -2.24. The van der Waals surface area contributed by atoms with Gasteiger partial charge in [0, 0.05) is 31.7 Å². The Bertz CT molecular complexity index is 762. The van der Waals surface area contributed by atoms with Gasteiger partial charge in [0.25, 0.3) is 5.91 Å². The van der Waals surface area contributed by atoms with Crippen molar-refractivity contribution in [3.05, 3.63) is 64.8 Å². The molecule has 136 valence electrons. The molecular formula is C20H23N3O2S. The highest BCUT2D eigenvalue weighted by Gasteiger charge is 2.35. The number of rotatable bonds is 7. The number of amides is 1. The van der Waals surface area contributed by atoms with Crippen LogP contribution in [0.15, 0.2) is 53.7 Å². The molecule has 1 aromatic heterocycles. The van der Waals surface area contributed by atoms with Gasteiger partial charge in [-0.05, 0) is 47.9 Å². The number of nitrogens with one attached hydrogen (secondary N) is 1. The molecule has 3 rings (SSSR count). The summed E-state index contributed by atoms with van der Waals surface area (Å²) in [6, 6.07) is 12.1. The molecule has 1 atom stereocenters. The number of hydrogen-bond donors (Lipinski definition) is 1. The number of nitrogens with zero attached hydrogens (tertiary/aromatic N) is 2. The summed E-state index contributed by atoms with van der Waals surface area (Å²) < 4.78 is 5.18. The number of aryl methyl sites for hydroxylation is 1. The van der Waals surface area contributed by atoms with Crippen LogP contribution < -0.4 is 5.32 Å². The summed E-state index contributed by atoms with van der Waals surface area (Å²) in [6.45, 7) is 3.18. The van der Waals surface area contributed by atoms with Crippen LogP contribution in [-0.2, 0) is 16.0 Å². The van der Waals surface area contributed by atoms with Gasteiger partial charge < -0.3 is 15.0 Å². The molecule has 26 heavy (non-hydrogen) atoms. The fourth-order valence-electron chi connectivity index (χ4n) is 2.68. The Morgan fingerprint density at radius 1 is 1.23 bits per heavy atom. The summed E-state index contributed by atoms with van der Waals surface area (Å²) in [5, 5.41) is 3.46. The van der Waals surface area contributed by atoms with Gasteiger partial charge >= 0.3 is 0 Å². The van der Waals surface area contributed by atoms with Crippen molar-refractivity contribution in [2.75, 3.05) is 25.6 Å². The summed E-state index contributed by atoms with van der Waals surface area (Å²) in [5.74, 6) is 0.0199. The minimum Gasteiger partial charge on any atom is -0.383 e. The third-order valence-corrected chi connectivity index (χ3v) is 5.33. The lowest BCUT2D eigenvalue weighted by atomic mass is 10.1. The van der Waals surface area contributed by atoms with E-state index < -0.39 is 0 Å². The average Bonchev–Trinajstić information content (AvgIpc) is 2.96. The van der Waals surface area contributed by atoms with Crippen LogP contribution in [0, 0.1) is 0 Å². The van der Waals surface area contributed by atoms with Crippen molar-refractivity contribution in [1.82, 2.24) is 9.88 Å². The monoisotopic (exact) mass is 369 g/mol. The first-order valence-electron chi connectivity index (χ1n) is 8.65. The molecule has 1 aromatic carbocycles. The van der Waals surface area contributed by atoms with E-state index in [0.29, 0.717) is 13.2 Å². The van der Waals surface area contributed by atoms with Crippen molar-refractivity contribution in [1.29, 1.82) is 0 Å². The number of anilines is 1. The quantitative estimate of drug-likeness (QED) is 0.756. The maximum atomic E-state index is 12.8. The Hall–Kier alpha value is -2.31. The summed E-state index contributed by atoms with van der Waals surface area (Å²) in [7, 11) is 1.65. The number of carbonyl (C=O) groups is 1. The van der Waals surface area contributed by atoms with Crippen molar-refractivity contribution in [3.63, 3.8) is 0 Å². The van der Waals surface area contributed by atoms with Crippen LogP contribution in [0.2, 0.25) is 0 Å². The minimum atomic E-state index is -0.154. The van der Waals surface area contributed by atoms with E-state index in [1.807, 2.05) is 23.1 Å². The van der Waals surface area contributed by atoms with Gasteiger partial charge in [0.05, 0.1) is 11.5 Å². The molecule has 1 amide bonds. The number of carbonyl (C=O) groups excluding carboxylic acids is 1. The first kappa shape index (κ1) is 18.5. The van der Waals surface area contributed by atoms with E-state index in [2.05, 4.69) is 41.5 Å². The molecule has 0 bridgehead atoms. The van der Waals surface area contributed by atoms with E-state index in [9.17, 15) is 4.79 Å². The van der Waals surface area contributed by atoms with Gasteiger partial charge in [0.15, 0.2) is 5.50 Å². The zero-order valence-corrected chi connectivity index (χ0v) is 15.8. The maximum Gasteiger partial charge on any atom is 0.262 e. The van der Waals surface area contributed by atoms with Gasteiger partial charge in [-0.3, -0.25) is 9.78 Å². The summed E-state index contributed by atoms with van der Waals surface area (Å²) in [4.78, 5) is 19.4. The van der Waals surface area contributed by atoms with Crippen LogP contribution in [0.5, 0.6) is 0 Å². The SMILES string of the molecule is CCc1ccc(NC2S/C(=C\c3ccncc3)C(=O)N2CCOC)cc1. The highest BCUT2D eigenvalue weighted by atomic mass is 32.2. The topological polar surface area (TPSA) is 54.5 Å². The first-order chi connectivity index (χ1) is 12.7. The molecule has 2 aromatic rings. The second-order valence-corrected chi connectivity index (χ2v) is 7.07. The highest BCUT2D eigenvalue weighted by Crippen LogP contribution is 2.36. The van der Waals surface area contributed by atoms with Crippen molar-refractivity contribution < 1.29 is 9.53 Å². The predicted molar refractivity (Wildman–Crippen MR) is 107 cm³/mol. The average molecular weight is 369 g/mol. The predicted octanol–water partition coefficient (Wildman–Crippen LogP) is 3.60. The van der Waals surface area contributed by atoms with E-state index in [4.69, 9.17) is 4.74 Å². The van der Waals surface area contributed by atoms with Crippen LogP contribution >= 0.6 is 11.8 Å². The van der Waals surface area contributed by atoms with Crippen LogP contribution in [0.3, 0.4) is 0 Å². The molecule has 1 saturated heterocycles. The Balaban J connectivity index is 1.79. The first-order valence-corrected chi connectivity index (χ1v) is 9.53. The molecular weight excluding hydrogens is 346 g/mol. The normalized spacial score (nSPS) is 18.5. The number of thioether (sulfide) groups is 1. The number of pyridine rings is 1. The molecule has 0 saturated carbocycles. The lowest BCUT2D eigenvalue weighted by molar-refractivity contribution is -0.126. The van der Waals surface area contributed by atoms with Gasteiger partial charge in [0.1, 0.15) is 0 Å². The van der Waals surface area contributed by atoms with E-state index >= 15 is 0 Å². The van der Waals surface area contributed by atoms with Crippen molar-refractivity contribution >= 4 is 29.4 Å². The van der Waals surface area contributed by atoms with Crippen molar-refractivity contribution in [2.24, 2.45) is 0 Å². The molecule has 1 aliphatic heterocycles. The van der Waals surface area contributed by atoms with Crippen LogP contribution in [0.25, 0.3) is 6.08 Å². The van der Waals surface area contributed by atoms with Gasteiger partial charge in [-0.15, -0.1) is 0 Å². The zero-order chi connectivity index (χ0) is 18.4. The van der Waals surface area contributed by atoms with Crippen LogP contribution in [0.1, 0.15) is 18.1 Å². The minimum absolute atomic E-state index is 0.0199. The van der Waals surface area contributed by atoms with Gasteiger partial charge in [-0.25, -0.2) is 0 Å². The summed E-state index contributed by atoms with van der Waals surface area (Å²) >= 11 is 1.53. The van der Waals surface area contributed by atoms with E-state index in [1.54, 1.807) is 19.5 Å². The Kier molecular flexibility index (Phi) is 6.30. The Labute approximate surface area is 158 Å². The highest BCUT2D eigenvalue weighted by molar-refractivity contribution is 8.05. The standard InChI is InChI=1S/C20H23N3O2S/c1-3-15-4-6-17(7-5-15)22-20-23(12-13-25-2)19(24)18(26-20)14-16-8-10-21-11-9-16/h4-11,14,20,22H,3,12-13H2,1-2H3/b18-14-. The number of methoxy groups -OCH3 is 1. The van der Waals surface area contributed by atoms with Crippen LogP contribution in [-0.4, -0.2) is 41.6 Å². The second-order valence-electron chi connectivity index (χ2n) is 5.95. The van der Waals surface area contributed by atoms with Gasteiger partial charge in [-0.2, -0.15) is 0 Å². The summed E-state index contributed by atoms with van der Waals surface area (Å²) in [6.07, 6.45) is 6.38.